The smallest absolute Gasteiger partial charge is 0.107 e. The average Bonchev–Trinajstić information content (AvgIpc) is 2.90. The summed E-state index contributed by atoms with van der Waals surface area (Å²) >= 11 is 6.21. The third kappa shape index (κ3) is 4.88. The van der Waals surface area contributed by atoms with E-state index in [0.29, 0.717) is 11.2 Å². The van der Waals surface area contributed by atoms with Crippen LogP contribution in [0, 0.1) is 5.92 Å². The predicted octanol–water partition coefficient (Wildman–Crippen LogP) is 4.75. The van der Waals surface area contributed by atoms with E-state index in [1.54, 1.807) is 0 Å². The van der Waals surface area contributed by atoms with E-state index < -0.39 is 0 Å². The summed E-state index contributed by atoms with van der Waals surface area (Å²) in [7, 11) is 0. The van der Waals surface area contributed by atoms with Gasteiger partial charge in [0.05, 0.1) is 10.9 Å². The Hall–Kier alpha value is 0.290. The van der Waals surface area contributed by atoms with Crippen molar-refractivity contribution in [3.63, 3.8) is 0 Å². The Bertz CT molecular complexity index is 431. The van der Waals surface area contributed by atoms with Crippen LogP contribution >= 0.6 is 34.9 Å². The van der Waals surface area contributed by atoms with Gasteiger partial charge < -0.3 is 5.32 Å². The van der Waals surface area contributed by atoms with Crippen molar-refractivity contribution in [2.45, 2.75) is 57.6 Å². The van der Waals surface area contributed by atoms with Crippen molar-refractivity contribution in [1.29, 1.82) is 0 Å². The summed E-state index contributed by atoms with van der Waals surface area (Å²) in [6, 6.07) is 0. The number of hydrogen-bond acceptors (Lipinski definition) is 5. The van der Waals surface area contributed by atoms with E-state index in [9.17, 15) is 0 Å². The van der Waals surface area contributed by atoms with Gasteiger partial charge in [-0.25, -0.2) is 4.98 Å². The highest BCUT2D eigenvalue weighted by molar-refractivity contribution is 8.06. The molecule has 0 amide bonds. The lowest BCUT2D eigenvalue weighted by molar-refractivity contribution is 0.553. The number of rotatable bonds is 7. The molecule has 2 heterocycles. The molecule has 0 aliphatic carbocycles. The molecule has 120 valence electrons. The molecule has 2 rings (SSSR count). The summed E-state index contributed by atoms with van der Waals surface area (Å²) in [5, 5.41) is 6.31. The standard InChI is InChI=1S/C16H28N2S3/c1-5-12-14(10-17-9-11(3)4)21-16(18-12)15-13(6-2)19-7-8-20-15/h11,13,15,17H,5-10H2,1-4H3. The Morgan fingerprint density at radius 1 is 1.24 bits per heavy atom. The minimum atomic E-state index is 0.614. The Labute approximate surface area is 142 Å². The van der Waals surface area contributed by atoms with Crippen LogP contribution in [0.2, 0.25) is 0 Å². The van der Waals surface area contributed by atoms with Gasteiger partial charge in [0, 0.05) is 28.2 Å². The van der Waals surface area contributed by atoms with E-state index in [2.05, 4.69) is 56.5 Å². The van der Waals surface area contributed by atoms with Crippen LogP contribution in [0.25, 0.3) is 0 Å². The maximum Gasteiger partial charge on any atom is 0.107 e. The van der Waals surface area contributed by atoms with Crippen LogP contribution in [-0.2, 0) is 13.0 Å². The van der Waals surface area contributed by atoms with E-state index in [-0.39, 0.29) is 0 Å². The summed E-state index contributed by atoms with van der Waals surface area (Å²) in [6.45, 7) is 11.1. The SMILES string of the molecule is CCc1nc(C2SCCSC2CC)sc1CNCC(C)C. The molecule has 0 saturated carbocycles. The van der Waals surface area contributed by atoms with E-state index in [4.69, 9.17) is 4.98 Å². The first kappa shape index (κ1) is 17.6. The second-order valence-electron chi connectivity index (χ2n) is 5.91. The molecule has 1 saturated heterocycles. The van der Waals surface area contributed by atoms with Gasteiger partial charge in [0.25, 0.3) is 0 Å². The van der Waals surface area contributed by atoms with Gasteiger partial charge in [0.2, 0.25) is 0 Å². The van der Waals surface area contributed by atoms with Crippen LogP contribution in [0.5, 0.6) is 0 Å². The fourth-order valence-electron chi connectivity index (χ4n) is 2.55. The van der Waals surface area contributed by atoms with Crippen LogP contribution in [0.4, 0.5) is 0 Å². The normalized spacial score (nSPS) is 22.9. The van der Waals surface area contributed by atoms with Crippen molar-refractivity contribution < 1.29 is 0 Å². The molecule has 1 aliphatic heterocycles. The molecule has 21 heavy (non-hydrogen) atoms. The second-order valence-corrected chi connectivity index (χ2v) is 9.62. The number of aryl methyl sites for hydroxylation is 1. The molecule has 1 aliphatic rings. The summed E-state index contributed by atoms with van der Waals surface area (Å²) < 4.78 is 0. The van der Waals surface area contributed by atoms with Gasteiger partial charge in [-0.15, -0.1) is 23.1 Å². The number of nitrogens with zero attached hydrogens (tertiary/aromatic N) is 1. The Morgan fingerprint density at radius 2 is 2.00 bits per heavy atom. The van der Waals surface area contributed by atoms with Gasteiger partial charge in [0.1, 0.15) is 5.01 Å². The van der Waals surface area contributed by atoms with Gasteiger partial charge in [-0.2, -0.15) is 11.8 Å². The van der Waals surface area contributed by atoms with Crippen molar-refractivity contribution in [3.8, 4) is 0 Å². The minimum Gasteiger partial charge on any atom is -0.312 e. The molecular formula is C16H28N2S3. The first-order chi connectivity index (χ1) is 10.2. The van der Waals surface area contributed by atoms with E-state index in [1.807, 2.05) is 11.3 Å². The predicted molar refractivity (Wildman–Crippen MR) is 99.8 cm³/mol. The molecule has 1 fully saturated rings. The van der Waals surface area contributed by atoms with Gasteiger partial charge in [-0.3, -0.25) is 0 Å². The number of nitrogens with one attached hydrogen (secondary N) is 1. The van der Waals surface area contributed by atoms with Gasteiger partial charge in [0.15, 0.2) is 0 Å². The molecular weight excluding hydrogens is 316 g/mol. The zero-order valence-electron chi connectivity index (χ0n) is 13.6. The molecule has 1 aromatic rings. The zero-order chi connectivity index (χ0) is 15.2. The summed E-state index contributed by atoms with van der Waals surface area (Å²) in [4.78, 5) is 6.45. The lowest BCUT2D eigenvalue weighted by atomic mass is 10.2. The fraction of sp³-hybridized carbons (Fsp3) is 0.812. The third-order valence-electron chi connectivity index (χ3n) is 3.66. The highest BCUT2D eigenvalue weighted by atomic mass is 32.2. The zero-order valence-corrected chi connectivity index (χ0v) is 16.1. The summed E-state index contributed by atoms with van der Waals surface area (Å²) in [5.74, 6) is 3.28. The highest BCUT2D eigenvalue weighted by Gasteiger charge is 2.29. The van der Waals surface area contributed by atoms with Crippen LogP contribution in [-0.4, -0.2) is 28.3 Å². The number of aromatic nitrogens is 1. The maximum absolute atomic E-state index is 4.99. The second kappa shape index (κ2) is 8.80. The van der Waals surface area contributed by atoms with E-state index in [1.165, 1.54) is 33.5 Å². The maximum atomic E-state index is 4.99. The molecule has 0 radical (unpaired) electrons. The number of hydrogen-bond donors (Lipinski definition) is 1. The van der Waals surface area contributed by atoms with Crippen LogP contribution in [0.3, 0.4) is 0 Å². The molecule has 5 heteroatoms. The third-order valence-corrected chi connectivity index (χ3v) is 8.25. The Morgan fingerprint density at radius 3 is 2.67 bits per heavy atom. The van der Waals surface area contributed by atoms with Crippen LogP contribution in [0.1, 0.15) is 54.9 Å². The number of thiazole rings is 1. The molecule has 1 aromatic heterocycles. The molecule has 0 bridgehead atoms. The molecule has 2 atom stereocenters. The van der Waals surface area contributed by atoms with Gasteiger partial charge in [-0.1, -0.05) is 27.7 Å². The van der Waals surface area contributed by atoms with E-state index in [0.717, 1.165) is 24.8 Å². The van der Waals surface area contributed by atoms with E-state index >= 15 is 0 Å². The van der Waals surface area contributed by atoms with Crippen molar-refractivity contribution in [2.75, 3.05) is 18.1 Å². The topological polar surface area (TPSA) is 24.9 Å². The van der Waals surface area contributed by atoms with Crippen LogP contribution < -0.4 is 5.32 Å². The monoisotopic (exact) mass is 344 g/mol. The fourth-order valence-corrected chi connectivity index (χ4v) is 7.09. The van der Waals surface area contributed by atoms with Crippen LogP contribution in [0.15, 0.2) is 0 Å². The lowest BCUT2D eigenvalue weighted by Gasteiger charge is -2.28. The van der Waals surface area contributed by atoms with Crippen molar-refractivity contribution in [2.24, 2.45) is 5.92 Å². The molecule has 2 nitrogen and oxygen atoms in total. The highest BCUT2D eigenvalue weighted by Crippen LogP contribution is 2.45. The van der Waals surface area contributed by atoms with Crippen molar-refractivity contribution >= 4 is 34.9 Å². The lowest BCUT2D eigenvalue weighted by Crippen LogP contribution is -2.19. The molecule has 0 aromatic carbocycles. The van der Waals surface area contributed by atoms with Crippen molar-refractivity contribution in [1.82, 2.24) is 10.3 Å². The summed E-state index contributed by atoms with van der Waals surface area (Å²) in [6.07, 6.45) is 2.31. The molecule has 2 unspecified atom stereocenters. The van der Waals surface area contributed by atoms with Gasteiger partial charge in [-0.05, 0) is 25.3 Å². The molecule has 0 spiro atoms. The Kier molecular flexibility index (Phi) is 7.39. The number of thioether (sulfide) groups is 2. The minimum absolute atomic E-state index is 0.614. The average molecular weight is 345 g/mol. The largest absolute Gasteiger partial charge is 0.312 e. The van der Waals surface area contributed by atoms with Crippen molar-refractivity contribution in [3.05, 3.63) is 15.6 Å². The Balaban J connectivity index is 2.07. The first-order valence-electron chi connectivity index (χ1n) is 8.08. The summed E-state index contributed by atoms with van der Waals surface area (Å²) in [5.41, 5.74) is 1.32. The molecule has 1 N–H and O–H groups in total. The first-order valence-corrected chi connectivity index (χ1v) is 11.0. The quantitative estimate of drug-likeness (QED) is 0.771. The van der Waals surface area contributed by atoms with Gasteiger partial charge >= 0.3 is 0 Å².